The van der Waals surface area contributed by atoms with Gasteiger partial charge < -0.3 is 0 Å². The first kappa shape index (κ1) is 26.0. The van der Waals surface area contributed by atoms with Crippen molar-refractivity contribution in [3.8, 4) is 0 Å². The van der Waals surface area contributed by atoms with Gasteiger partial charge in [-0.1, -0.05) is 0 Å². The molecule has 1 rings (SSSR count). The van der Waals surface area contributed by atoms with Gasteiger partial charge in [0.25, 0.3) is 0 Å². The van der Waals surface area contributed by atoms with E-state index < -0.39 is 24.1 Å². The molecule has 5 nitrogen and oxygen atoms in total. The Morgan fingerprint density at radius 2 is 1.90 bits per heavy atom. The Morgan fingerprint density at radius 1 is 1.24 bits per heavy atom. The fourth-order valence-electron chi connectivity index (χ4n) is 2.59. The number of ether oxygens (including phenoxy) is 1. The maximum absolute atomic E-state index is 13.0. The van der Waals surface area contributed by atoms with E-state index in [-0.39, 0.29) is 18.4 Å². The standard InChI is InChI=1S/C21H35NO4SSeSi/c1-6-26-21(23)14-15-22(27(24,25)16-18-29(3,4)5)19(2)11-10-17-28-20-12-8-7-9-13-20/h7-9,12-15,19H,6,10-11,16-18H2,1-5H3/b15-14+. The van der Waals surface area contributed by atoms with Crippen molar-refractivity contribution < 1.29 is 17.9 Å². The molecule has 1 atom stereocenters. The number of esters is 1. The molecule has 29 heavy (non-hydrogen) atoms. The van der Waals surface area contributed by atoms with Gasteiger partial charge in [-0.2, -0.15) is 0 Å². The van der Waals surface area contributed by atoms with Gasteiger partial charge >= 0.3 is 184 Å². The third-order valence-corrected chi connectivity index (χ3v) is 10.5. The summed E-state index contributed by atoms with van der Waals surface area (Å²) in [4.78, 5) is 11.7. The Balaban J connectivity index is 2.76. The van der Waals surface area contributed by atoms with Crippen LogP contribution in [0.2, 0.25) is 31.0 Å². The molecule has 0 N–H and O–H groups in total. The summed E-state index contributed by atoms with van der Waals surface area (Å²) in [5, 5.41) is 1.06. The molecule has 0 bridgehead atoms. The van der Waals surface area contributed by atoms with E-state index in [1.54, 1.807) is 6.92 Å². The summed E-state index contributed by atoms with van der Waals surface area (Å²) < 4.78 is 33.6. The van der Waals surface area contributed by atoms with Gasteiger partial charge in [0.15, 0.2) is 0 Å². The van der Waals surface area contributed by atoms with Crippen LogP contribution in [0.4, 0.5) is 0 Å². The van der Waals surface area contributed by atoms with Gasteiger partial charge in [-0.15, -0.1) is 0 Å². The van der Waals surface area contributed by atoms with Crippen LogP contribution in [0, 0.1) is 0 Å². The summed E-state index contributed by atoms with van der Waals surface area (Å²) >= 11 is 0.392. The Kier molecular flexibility index (Phi) is 11.3. The zero-order valence-corrected chi connectivity index (χ0v) is 21.8. The van der Waals surface area contributed by atoms with E-state index in [0.717, 1.165) is 18.2 Å². The van der Waals surface area contributed by atoms with Gasteiger partial charge in [0.05, 0.1) is 0 Å². The Labute approximate surface area is 184 Å². The van der Waals surface area contributed by atoms with Crippen LogP contribution in [-0.2, 0) is 19.6 Å². The number of carbonyl (C=O) groups is 1. The van der Waals surface area contributed by atoms with Crippen molar-refractivity contribution in [2.45, 2.75) is 63.7 Å². The first-order chi connectivity index (χ1) is 13.5. The second-order valence-electron chi connectivity index (χ2n) is 8.18. The molecule has 0 spiro atoms. The van der Waals surface area contributed by atoms with Gasteiger partial charge in [0.1, 0.15) is 0 Å². The molecule has 0 fully saturated rings. The van der Waals surface area contributed by atoms with Crippen LogP contribution in [-0.4, -0.2) is 60.1 Å². The van der Waals surface area contributed by atoms with E-state index >= 15 is 0 Å². The first-order valence-corrected chi connectivity index (χ1v) is 17.5. The monoisotopic (exact) mass is 505 g/mol. The van der Waals surface area contributed by atoms with Crippen molar-refractivity contribution in [1.29, 1.82) is 0 Å². The molecule has 0 amide bonds. The minimum absolute atomic E-state index is 0.119. The molecule has 1 aromatic rings. The van der Waals surface area contributed by atoms with Gasteiger partial charge in [-0.05, 0) is 0 Å². The minimum atomic E-state index is -3.48. The first-order valence-electron chi connectivity index (χ1n) is 10.1. The molecule has 0 saturated carbocycles. The van der Waals surface area contributed by atoms with E-state index in [2.05, 4.69) is 31.8 Å². The Morgan fingerprint density at radius 3 is 2.48 bits per heavy atom. The maximum atomic E-state index is 13.0. The molecule has 0 aromatic heterocycles. The van der Waals surface area contributed by atoms with Crippen LogP contribution in [0.5, 0.6) is 0 Å². The van der Waals surface area contributed by atoms with E-state index in [1.807, 2.05) is 25.1 Å². The van der Waals surface area contributed by atoms with Gasteiger partial charge in [-0.25, -0.2) is 0 Å². The molecule has 0 aliphatic heterocycles. The average Bonchev–Trinajstić information content (AvgIpc) is 2.64. The molecular weight excluding hydrogens is 469 g/mol. The number of nitrogens with zero attached hydrogens (tertiary/aromatic N) is 1. The van der Waals surface area contributed by atoms with E-state index in [4.69, 9.17) is 4.74 Å². The summed E-state index contributed by atoms with van der Waals surface area (Å²) in [5.41, 5.74) is 0. The fraction of sp³-hybridized carbons (Fsp3) is 0.571. The third-order valence-electron chi connectivity index (χ3n) is 4.29. The van der Waals surface area contributed by atoms with E-state index in [1.165, 1.54) is 21.0 Å². The van der Waals surface area contributed by atoms with Gasteiger partial charge in [-0.3, -0.25) is 0 Å². The molecule has 0 aliphatic rings. The number of benzene rings is 1. The van der Waals surface area contributed by atoms with Crippen LogP contribution in [0.15, 0.2) is 42.6 Å². The Hall–Kier alpha value is -1.08. The quantitative estimate of drug-likeness (QED) is 0.178. The molecular formula is C21H35NO4SSeSi. The Bertz CT molecular complexity index is 748. The number of rotatable bonds is 13. The zero-order chi connectivity index (χ0) is 21.9. The zero-order valence-electron chi connectivity index (χ0n) is 18.3. The number of hydrogen-bond acceptors (Lipinski definition) is 4. The summed E-state index contributed by atoms with van der Waals surface area (Å²) in [7, 11) is -4.97. The molecule has 8 heteroatoms. The van der Waals surface area contributed by atoms with Crippen LogP contribution in [0.1, 0.15) is 26.7 Å². The van der Waals surface area contributed by atoms with Crippen molar-refractivity contribution in [2.24, 2.45) is 0 Å². The predicted molar refractivity (Wildman–Crippen MR) is 125 cm³/mol. The summed E-state index contributed by atoms with van der Waals surface area (Å²) in [6.07, 6.45) is 4.32. The van der Waals surface area contributed by atoms with Crippen molar-refractivity contribution in [2.75, 3.05) is 12.4 Å². The third kappa shape index (κ3) is 11.0. The summed E-state index contributed by atoms with van der Waals surface area (Å²) in [6, 6.07) is 10.9. The van der Waals surface area contributed by atoms with Crippen molar-refractivity contribution in [3.63, 3.8) is 0 Å². The molecule has 164 valence electrons. The van der Waals surface area contributed by atoms with Crippen LogP contribution in [0.3, 0.4) is 0 Å². The predicted octanol–water partition coefficient (Wildman–Crippen LogP) is 3.65. The van der Waals surface area contributed by atoms with Crippen molar-refractivity contribution in [1.82, 2.24) is 4.31 Å². The number of hydrogen-bond donors (Lipinski definition) is 0. The van der Waals surface area contributed by atoms with Crippen molar-refractivity contribution >= 4 is 43.5 Å². The van der Waals surface area contributed by atoms with Gasteiger partial charge in [0, 0.05) is 0 Å². The van der Waals surface area contributed by atoms with Crippen molar-refractivity contribution in [3.05, 3.63) is 42.6 Å². The van der Waals surface area contributed by atoms with Gasteiger partial charge in [0.2, 0.25) is 0 Å². The molecule has 0 radical (unpaired) electrons. The molecule has 1 unspecified atom stereocenters. The average molecular weight is 505 g/mol. The van der Waals surface area contributed by atoms with Crippen LogP contribution < -0.4 is 4.46 Å². The SMILES string of the molecule is CCOC(=O)/C=C/N(C(C)CCC[Se]c1ccccc1)S(=O)(=O)CC[Si](C)(C)C. The molecule has 0 saturated heterocycles. The molecule has 1 aromatic carbocycles. The second kappa shape index (κ2) is 12.6. The summed E-state index contributed by atoms with van der Waals surface area (Å²) in [5.74, 6) is -0.397. The fourth-order valence-corrected chi connectivity index (χ4v) is 9.06. The topological polar surface area (TPSA) is 63.7 Å². The molecule has 0 heterocycles. The number of sulfonamides is 1. The van der Waals surface area contributed by atoms with E-state index in [9.17, 15) is 13.2 Å². The van der Waals surface area contributed by atoms with Crippen LogP contribution in [0.25, 0.3) is 0 Å². The van der Waals surface area contributed by atoms with E-state index in [0.29, 0.717) is 21.0 Å². The summed E-state index contributed by atoms with van der Waals surface area (Å²) in [6.45, 7) is 10.4. The molecule has 0 aliphatic carbocycles. The normalized spacial score (nSPS) is 13.4. The van der Waals surface area contributed by atoms with Crippen LogP contribution >= 0.6 is 0 Å². The second-order valence-corrected chi connectivity index (χ2v) is 18.2. The number of carbonyl (C=O) groups excluding carboxylic acids is 1.